The summed E-state index contributed by atoms with van der Waals surface area (Å²) in [6.45, 7) is 4.27. The smallest absolute Gasteiger partial charge is 0.166 e. The van der Waals surface area contributed by atoms with Crippen LogP contribution in [0.4, 0.5) is 0 Å². The number of hydrogen-bond donors (Lipinski definition) is 1. The number of nitrogens with one attached hydrogen (secondary N) is 1. The number of rotatable bonds is 13. The molecule has 0 aliphatic carbocycles. The van der Waals surface area contributed by atoms with Crippen molar-refractivity contribution in [2.24, 2.45) is 0 Å². The zero-order valence-electron chi connectivity index (χ0n) is 16.9. The summed E-state index contributed by atoms with van der Waals surface area (Å²) in [6.07, 6.45) is 7.76. The van der Waals surface area contributed by atoms with Gasteiger partial charge >= 0.3 is 0 Å². The lowest BCUT2D eigenvalue weighted by atomic mass is 10.1. The first-order valence-corrected chi connectivity index (χ1v) is 10.8. The third-order valence-electron chi connectivity index (χ3n) is 4.73. The van der Waals surface area contributed by atoms with Gasteiger partial charge in [-0.25, -0.2) is 0 Å². The van der Waals surface area contributed by atoms with E-state index >= 15 is 0 Å². The SMILES string of the molecule is CCCCCCCCNCc1cccc(OC)c1OCc1c(Cl)cccc1Cl. The van der Waals surface area contributed by atoms with Crippen molar-refractivity contribution in [1.29, 1.82) is 0 Å². The van der Waals surface area contributed by atoms with Gasteiger partial charge < -0.3 is 14.8 Å². The number of para-hydroxylation sites is 1. The highest BCUT2D eigenvalue weighted by Gasteiger charge is 2.13. The topological polar surface area (TPSA) is 30.5 Å². The molecule has 0 aromatic heterocycles. The van der Waals surface area contributed by atoms with Crippen LogP contribution in [-0.2, 0) is 13.2 Å². The van der Waals surface area contributed by atoms with Gasteiger partial charge in [0.25, 0.3) is 0 Å². The summed E-state index contributed by atoms with van der Waals surface area (Å²) in [5, 5.41) is 4.72. The molecule has 0 radical (unpaired) electrons. The second-order valence-corrected chi connectivity index (χ2v) is 7.70. The van der Waals surface area contributed by atoms with Crippen molar-refractivity contribution in [3.63, 3.8) is 0 Å². The highest BCUT2D eigenvalue weighted by Crippen LogP contribution is 2.33. The molecule has 0 amide bonds. The Kier molecular flexibility index (Phi) is 10.6. The number of unbranched alkanes of at least 4 members (excludes halogenated alkanes) is 5. The van der Waals surface area contributed by atoms with Gasteiger partial charge in [0.1, 0.15) is 6.61 Å². The summed E-state index contributed by atoms with van der Waals surface area (Å²) in [5.41, 5.74) is 1.84. The van der Waals surface area contributed by atoms with Crippen LogP contribution in [0.2, 0.25) is 10.0 Å². The molecule has 0 heterocycles. The van der Waals surface area contributed by atoms with Crippen LogP contribution >= 0.6 is 23.2 Å². The Morgan fingerprint density at radius 2 is 1.57 bits per heavy atom. The molecule has 2 aromatic rings. The zero-order valence-corrected chi connectivity index (χ0v) is 18.4. The van der Waals surface area contributed by atoms with Crippen LogP contribution in [0, 0.1) is 0 Å². The van der Waals surface area contributed by atoms with Gasteiger partial charge in [-0.15, -0.1) is 0 Å². The fraction of sp³-hybridized carbons (Fsp3) is 0.478. The molecule has 0 atom stereocenters. The van der Waals surface area contributed by atoms with Crippen LogP contribution in [0.15, 0.2) is 36.4 Å². The molecule has 28 heavy (non-hydrogen) atoms. The van der Waals surface area contributed by atoms with Gasteiger partial charge in [0.05, 0.1) is 7.11 Å². The summed E-state index contributed by atoms with van der Waals surface area (Å²) in [5.74, 6) is 1.44. The van der Waals surface area contributed by atoms with E-state index in [9.17, 15) is 0 Å². The molecule has 5 heteroatoms. The first-order chi connectivity index (χ1) is 13.7. The molecule has 0 aliphatic heterocycles. The molecule has 0 fully saturated rings. The van der Waals surface area contributed by atoms with Gasteiger partial charge in [0.15, 0.2) is 11.5 Å². The Bertz CT molecular complexity index is 701. The third-order valence-corrected chi connectivity index (χ3v) is 5.43. The molecule has 2 rings (SSSR count). The molecule has 0 saturated carbocycles. The van der Waals surface area contributed by atoms with Crippen molar-refractivity contribution in [3.05, 3.63) is 57.6 Å². The average molecular weight is 424 g/mol. The summed E-state index contributed by atoms with van der Waals surface area (Å²) >= 11 is 12.5. The number of methoxy groups -OCH3 is 1. The largest absolute Gasteiger partial charge is 0.493 e. The van der Waals surface area contributed by atoms with E-state index in [1.807, 2.05) is 30.3 Å². The predicted molar refractivity (Wildman–Crippen MR) is 119 cm³/mol. The first kappa shape index (κ1) is 22.9. The van der Waals surface area contributed by atoms with E-state index in [0.717, 1.165) is 30.0 Å². The van der Waals surface area contributed by atoms with E-state index in [4.69, 9.17) is 32.7 Å². The maximum Gasteiger partial charge on any atom is 0.166 e. The molecule has 0 aliphatic rings. The van der Waals surface area contributed by atoms with Crippen molar-refractivity contribution in [3.8, 4) is 11.5 Å². The van der Waals surface area contributed by atoms with E-state index in [0.29, 0.717) is 22.4 Å². The van der Waals surface area contributed by atoms with Gasteiger partial charge in [0, 0.05) is 27.7 Å². The molecule has 3 nitrogen and oxygen atoms in total. The second kappa shape index (κ2) is 12.9. The van der Waals surface area contributed by atoms with Crippen LogP contribution in [0.1, 0.15) is 56.6 Å². The van der Waals surface area contributed by atoms with Gasteiger partial charge in [-0.2, -0.15) is 0 Å². The maximum absolute atomic E-state index is 6.26. The highest BCUT2D eigenvalue weighted by atomic mass is 35.5. The van der Waals surface area contributed by atoms with E-state index in [2.05, 4.69) is 18.3 Å². The molecule has 154 valence electrons. The van der Waals surface area contributed by atoms with Crippen LogP contribution < -0.4 is 14.8 Å². The van der Waals surface area contributed by atoms with Gasteiger partial charge in [-0.3, -0.25) is 0 Å². The third kappa shape index (κ3) is 7.20. The quantitative estimate of drug-likeness (QED) is 0.350. The lowest BCUT2D eigenvalue weighted by Crippen LogP contribution is -2.15. The highest BCUT2D eigenvalue weighted by molar-refractivity contribution is 6.35. The van der Waals surface area contributed by atoms with Crippen molar-refractivity contribution in [2.75, 3.05) is 13.7 Å². The monoisotopic (exact) mass is 423 g/mol. The van der Waals surface area contributed by atoms with E-state index in [1.54, 1.807) is 7.11 Å². The van der Waals surface area contributed by atoms with Crippen molar-refractivity contribution < 1.29 is 9.47 Å². The van der Waals surface area contributed by atoms with Crippen LogP contribution in [0.25, 0.3) is 0 Å². The summed E-state index contributed by atoms with van der Waals surface area (Å²) in [4.78, 5) is 0. The minimum atomic E-state index is 0.295. The Morgan fingerprint density at radius 1 is 0.893 bits per heavy atom. The summed E-state index contributed by atoms with van der Waals surface area (Å²) in [7, 11) is 1.65. The average Bonchev–Trinajstić information content (AvgIpc) is 2.70. The molecule has 2 aromatic carbocycles. The molecule has 0 saturated heterocycles. The Hall–Kier alpha value is -1.42. The first-order valence-electron chi connectivity index (χ1n) is 10.1. The van der Waals surface area contributed by atoms with E-state index in [1.165, 1.54) is 38.5 Å². The van der Waals surface area contributed by atoms with Crippen LogP contribution in [-0.4, -0.2) is 13.7 Å². The molecular weight excluding hydrogens is 393 g/mol. The van der Waals surface area contributed by atoms with Gasteiger partial charge in [-0.1, -0.05) is 80.4 Å². The standard InChI is InChI=1S/C23H31Cl2NO2/c1-3-4-5-6-7-8-15-26-16-18-11-9-14-22(27-2)23(18)28-17-19-20(24)12-10-13-21(19)25/h9-14,26H,3-8,15-17H2,1-2H3. The molecule has 0 spiro atoms. The normalized spacial score (nSPS) is 10.9. The molecular formula is C23H31Cl2NO2. The number of benzene rings is 2. The summed E-state index contributed by atoms with van der Waals surface area (Å²) < 4.78 is 11.6. The van der Waals surface area contributed by atoms with Crippen molar-refractivity contribution >= 4 is 23.2 Å². The minimum absolute atomic E-state index is 0.295. The maximum atomic E-state index is 6.26. The van der Waals surface area contributed by atoms with Crippen LogP contribution in [0.3, 0.4) is 0 Å². The van der Waals surface area contributed by atoms with Crippen molar-refractivity contribution in [1.82, 2.24) is 5.32 Å². The number of halogens is 2. The number of hydrogen-bond acceptors (Lipinski definition) is 3. The Balaban J connectivity index is 1.92. The second-order valence-electron chi connectivity index (χ2n) is 6.88. The van der Waals surface area contributed by atoms with E-state index < -0.39 is 0 Å². The summed E-state index contributed by atoms with van der Waals surface area (Å²) in [6, 6.07) is 11.4. The fourth-order valence-electron chi connectivity index (χ4n) is 3.09. The Labute approximate surface area is 179 Å². The van der Waals surface area contributed by atoms with E-state index in [-0.39, 0.29) is 0 Å². The molecule has 0 bridgehead atoms. The Morgan fingerprint density at radius 3 is 2.29 bits per heavy atom. The van der Waals surface area contributed by atoms with Crippen molar-refractivity contribution in [2.45, 2.75) is 58.6 Å². The molecule has 0 unspecified atom stereocenters. The lowest BCUT2D eigenvalue weighted by Gasteiger charge is -2.16. The predicted octanol–water partition coefficient (Wildman–Crippen LogP) is 7.03. The number of ether oxygens (including phenoxy) is 2. The van der Waals surface area contributed by atoms with Gasteiger partial charge in [0.2, 0.25) is 0 Å². The van der Waals surface area contributed by atoms with Gasteiger partial charge in [-0.05, 0) is 31.2 Å². The minimum Gasteiger partial charge on any atom is -0.493 e. The lowest BCUT2D eigenvalue weighted by molar-refractivity contribution is 0.281. The van der Waals surface area contributed by atoms with Crippen LogP contribution in [0.5, 0.6) is 11.5 Å². The fourth-order valence-corrected chi connectivity index (χ4v) is 3.60. The molecule has 1 N–H and O–H groups in total. The zero-order chi connectivity index (χ0) is 20.2.